The molecule has 0 saturated carbocycles. The number of benzene rings is 2. The zero-order valence-corrected chi connectivity index (χ0v) is 16.4. The number of carbonyl (C=O) groups is 3. The highest BCUT2D eigenvalue weighted by atomic mass is 16.4. The highest BCUT2D eigenvalue weighted by molar-refractivity contribution is 6.24. The fourth-order valence-electron chi connectivity index (χ4n) is 4.77. The summed E-state index contributed by atoms with van der Waals surface area (Å²) in [5.41, 5.74) is -0.864. The number of imide groups is 1. The van der Waals surface area contributed by atoms with Crippen LogP contribution in [0.2, 0.25) is 0 Å². The van der Waals surface area contributed by atoms with E-state index >= 15 is 0 Å². The Morgan fingerprint density at radius 2 is 1.70 bits per heavy atom. The number of aromatic hydroxyl groups is 2. The van der Waals surface area contributed by atoms with Crippen molar-refractivity contribution < 1.29 is 29.7 Å². The summed E-state index contributed by atoms with van der Waals surface area (Å²) in [6.07, 6.45) is 0. The molecule has 4 atom stereocenters. The van der Waals surface area contributed by atoms with Gasteiger partial charge in [-0.2, -0.15) is 0 Å². The first-order valence-electron chi connectivity index (χ1n) is 9.66. The van der Waals surface area contributed by atoms with Crippen molar-refractivity contribution in [2.75, 3.05) is 4.90 Å². The molecular weight excluding hydrogens is 388 g/mol. The summed E-state index contributed by atoms with van der Waals surface area (Å²) in [6.45, 7) is 3.38. The molecule has 2 aliphatic rings. The van der Waals surface area contributed by atoms with Gasteiger partial charge in [-0.1, -0.05) is 38.1 Å². The average molecular weight is 410 g/mol. The number of carboxylic acid groups (broad SMARTS) is 1. The lowest BCUT2D eigenvalue weighted by molar-refractivity contribution is -0.151. The number of hydrogen-bond donors (Lipinski definition) is 4. The molecule has 0 radical (unpaired) electrons. The number of hydrogen-bond acceptors (Lipinski definition) is 6. The Labute approximate surface area is 172 Å². The van der Waals surface area contributed by atoms with Crippen LogP contribution in [0.5, 0.6) is 11.5 Å². The first-order chi connectivity index (χ1) is 14.2. The van der Waals surface area contributed by atoms with Crippen LogP contribution < -0.4 is 10.2 Å². The zero-order chi connectivity index (χ0) is 21.8. The van der Waals surface area contributed by atoms with Crippen LogP contribution in [-0.4, -0.2) is 38.6 Å². The number of anilines is 1. The number of fused-ring (bicyclic) bond motifs is 1. The van der Waals surface area contributed by atoms with Crippen LogP contribution in [-0.2, 0) is 14.4 Å². The summed E-state index contributed by atoms with van der Waals surface area (Å²) >= 11 is 0. The smallest absolute Gasteiger partial charge is 0.325 e. The van der Waals surface area contributed by atoms with Crippen LogP contribution in [0.25, 0.3) is 0 Å². The van der Waals surface area contributed by atoms with Crippen LogP contribution in [0.15, 0.2) is 48.5 Å². The first kappa shape index (κ1) is 19.9. The highest BCUT2D eigenvalue weighted by Crippen LogP contribution is 2.52. The maximum atomic E-state index is 13.4. The van der Waals surface area contributed by atoms with Crippen molar-refractivity contribution in [3.63, 3.8) is 0 Å². The first-order valence-corrected chi connectivity index (χ1v) is 9.66. The molecule has 30 heavy (non-hydrogen) atoms. The second kappa shape index (κ2) is 6.84. The molecule has 2 saturated heterocycles. The molecule has 2 aromatic rings. The third kappa shape index (κ3) is 2.60. The molecular formula is C22H22N2O6. The van der Waals surface area contributed by atoms with Crippen molar-refractivity contribution in [3.8, 4) is 11.5 Å². The van der Waals surface area contributed by atoms with Gasteiger partial charge in [0.15, 0.2) is 11.5 Å². The van der Waals surface area contributed by atoms with E-state index in [-0.39, 0.29) is 11.5 Å². The third-order valence-corrected chi connectivity index (χ3v) is 6.23. The van der Waals surface area contributed by atoms with E-state index in [2.05, 4.69) is 5.32 Å². The van der Waals surface area contributed by atoms with E-state index in [0.29, 0.717) is 11.3 Å². The van der Waals surface area contributed by atoms with E-state index in [0.717, 1.165) is 4.90 Å². The summed E-state index contributed by atoms with van der Waals surface area (Å²) in [4.78, 5) is 40.4. The Morgan fingerprint density at radius 1 is 1.03 bits per heavy atom. The van der Waals surface area contributed by atoms with Gasteiger partial charge in [-0.05, 0) is 35.7 Å². The van der Waals surface area contributed by atoms with Gasteiger partial charge in [0.1, 0.15) is 5.54 Å². The molecule has 0 spiro atoms. The number of para-hydroxylation sites is 1. The minimum absolute atomic E-state index is 0.332. The average Bonchev–Trinajstić information content (AvgIpc) is 3.20. The number of carboxylic acids is 1. The number of aliphatic carboxylic acids is 1. The lowest BCUT2D eigenvalue weighted by Gasteiger charge is -2.34. The standard InChI is InChI=1S/C22H22N2O6/c1-11(2)22(21(29)30)17-16(18(23-22)12-8-9-14(25)15(26)10-12)19(27)24(20(17)28)13-6-4-3-5-7-13/h3-11,16-18,23,25-26H,1-2H3,(H,29,30). The molecule has 4 rings (SSSR count). The second-order valence-electron chi connectivity index (χ2n) is 8.05. The molecule has 4 unspecified atom stereocenters. The molecule has 2 aliphatic heterocycles. The quantitative estimate of drug-likeness (QED) is 0.449. The molecule has 0 aliphatic carbocycles. The minimum Gasteiger partial charge on any atom is -0.504 e. The minimum atomic E-state index is -1.67. The normalized spacial score (nSPS) is 28.2. The van der Waals surface area contributed by atoms with Crippen molar-refractivity contribution in [2.45, 2.75) is 25.4 Å². The van der Waals surface area contributed by atoms with Gasteiger partial charge in [0.25, 0.3) is 0 Å². The molecule has 0 aromatic heterocycles. The number of carbonyl (C=O) groups excluding carboxylic acids is 2. The van der Waals surface area contributed by atoms with Gasteiger partial charge in [-0.15, -0.1) is 0 Å². The number of phenols is 2. The largest absolute Gasteiger partial charge is 0.504 e. The zero-order valence-electron chi connectivity index (χ0n) is 16.4. The van der Waals surface area contributed by atoms with E-state index in [4.69, 9.17) is 0 Å². The predicted molar refractivity (Wildman–Crippen MR) is 107 cm³/mol. The van der Waals surface area contributed by atoms with E-state index in [9.17, 15) is 29.7 Å². The summed E-state index contributed by atoms with van der Waals surface area (Å²) in [5.74, 6) is -5.60. The summed E-state index contributed by atoms with van der Waals surface area (Å²) in [7, 11) is 0. The van der Waals surface area contributed by atoms with Gasteiger partial charge in [0, 0.05) is 6.04 Å². The summed E-state index contributed by atoms with van der Waals surface area (Å²) in [5, 5.41) is 32.8. The monoisotopic (exact) mass is 410 g/mol. The van der Waals surface area contributed by atoms with Gasteiger partial charge in [0.2, 0.25) is 11.8 Å². The topological polar surface area (TPSA) is 127 Å². The van der Waals surface area contributed by atoms with Gasteiger partial charge in [-0.25, -0.2) is 4.90 Å². The Balaban J connectivity index is 1.89. The van der Waals surface area contributed by atoms with Gasteiger partial charge in [0.05, 0.1) is 17.5 Å². The Morgan fingerprint density at radius 3 is 2.27 bits per heavy atom. The van der Waals surface area contributed by atoms with Gasteiger partial charge < -0.3 is 15.3 Å². The second-order valence-corrected chi connectivity index (χ2v) is 8.05. The number of nitrogens with zero attached hydrogens (tertiary/aromatic N) is 1. The molecule has 2 fully saturated rings. The van der Waals surface area contributed by atoms with Crippen molar-refractivity contribution >= 4 is 23.5 Å². The summed E-state index contributed by atoms with van der Waals surface area (Å²) in [6, 6.07) is 11.6. The Hall–Kier alpha value is -3.39. The fourth-order valence-corrected chi connectivity index (χ4v) is 4.77. The van der Waals surface area contributed by atoms with Crippen molar-refractivity contribution in [2.24, 2.45) is 17.8 Å². The van der Waals surface area contributed by atoms with Gasteiger partial charge >= 0.3 is 5.97 Å². The van der Waals surface area contributed by atoms with Crippen LogP contribution in [0.3, 0.4) is 0 Å². The number of nitrogens with one attached hydrogen (secondary N) is 1. The van der Waals surface area contributed by atoms with Gasteiger partial charge in [-0.3, -0.25) is 19.7 Å². The van der Waals surface area contributed by atoms with Crippen LogP contribution in [0.4, 0.5) is 5.69 Å². The highest BCUT2D eigenvalue weighted by Gasteiger charge is 2.69. The lowest BCUT2D eigenvalue weighted by atomic mass is 9.73. The predicted octanol–water partition coefficient (Wildman–Crippen LogP) is 2.03. The Bertz CT molecular complexity index is 1040. The van der Waals surface area contributed by atoms with Crippen LogP contribution in [0, 0.1) is 17.8 Å². The van der Waals surface area contributed by atoms with Crippen LogP contribution >= 0.6 is 0 Å². The third-order valence-electron chi connectivity index (χ3n) is 6.23. The van der Waals surface area contributed by atoms with Crippen molar-refractivity contribution in [1.29, 1.82) is 0 Å². The molecule has 156 valence electrons. The number of phenolic OH excluding ortho intramolecular Hbond substituents is 2. The molecule has 0 bridgehead atoms. The molecule has 2 aromatic carbocycles. The lowest BCUT2D eigenvalue weighted by Crippen LogP contribution is -2.59. The molecule has 8 heteroatoms. The van der Waals surface area contributed by atoms with Crippen molar-refractivity contribution in [3.05, 3.63) is 54.1 Å². The maximum Gasteiger partial charge on any atom is 0.325 e. The van der Waals surface area contributed by atoms with E-state index in [1.807, 2.05) is 0 Å². The summed E-state index contributed by atoms with van der Waals surface area (Å²) < 4.78 is 0. The number of rotatable bonds is 4. The van der Waals surface area contributed by atoms with E-state index in [1.54, 1.807) is 44.2 Å². The molecule has 2 heterocycles. The van der Waals surface area contributed by atoms with Crippen LogP contribution in [0.1, 0.15) is 25.5 Å². The maximum absolute atomic E-state index is 13.4. The number of amides is 2. The van der Waals surface area contributed by atoms with Crippen molar-refractivity contribution in [1.82, 2.24) is 5.32 Å². The molecule has 4 N–H and O–H groups in total. The van der Waals surface area contributed by atoms with E-state index in [1.165, 1.54) is 18.2 Å². The SMILES string of the molecule is CC(C)C1(C(=O)O)NC(c2ccc(O)c(O)c2)C2C(=O)N(c3ccccc3)C(=O)C21. The van der Waals surface area contributed by atoms with E-state index < -0.39 is 47.1 Å². The molecule has 8 nitrogen and oxygen atoms in total. The molecule has 2 amide bonds. The Kier molecular flexibility index (Phi) is 4.54. The fraction of sp³-hybridized carbons (Fsp3) is 0.318.